The lowest BCUT2D eigenvalue weighted by molar-refractivity contribution is 0.306. The summed E-state index contributed by atoms with van der Waals surface area (Å²) in [5, 5.41) is -1.16. The Hall–Kier alpha value is -3.10. The predicted molar refractivity (Wildman–Crippen MR) is 107 cm³/mol. The average molecular weight is 378 g/mol. The van der Waals surface area contributed by atoms with Crippen LogP contribution in [0.3, 0.4) is 0 Å². The van der Waals surface area contributed by atoms with Gasteiger partial charge < -0.3 is 4.74 Å². The van der Waals surface area contributed by atoms with E-state index in [9.17, 15) is 8.42 Å². The number of hydrogen-bond acceptors (Lipinski definition) is 3. The first kappa shape index (κ1) is 18.7. The molecule has 1 unspecified atom stereocenters. The minimum atomic E-state index is -3.72. The molecule has 0 saturated heterocycles. The van der Waals surface area contributed by atoms with Crippen molar-refractivity contribution in [3.63, 3.8) is 0 Å². The second kappa shape index (κ2) is 8.07. The molecule has 0 aromatic heterocycles. The highest BCUT2D eigenvalue weighted by Crippen LogP contribution is 2.31. The first-order valence-corrected chi connectivity index (χ1v) is 10.0. The maximum Gasteiger partial charge on any atom is 0.397 e. The van der Waals surface area contributed by atoms with Crippen molar-refractivity contribution >= 4 is 9.84 Å². The van der Waals surface area contributed by atoms with Crippen molar-refractivity contribution in [3.8, 4) is 12.3 Å². The van der Waals surface area contributed by atoms with Crippen LogP contribution in [0.1, 0.15) is 22.1 Å². The largest absolute Gasteiger partial charge is 0.489 e. The van der Waals surface area contributed by atoms with E-state index in [-0.39, 0.29) is 4.90 Å². The molecule has 3 aromatic rings. The van der Waals surface area contributed by atoms with E-state index in [0.717, 1.165) is 11.1 Å². The van der Waals surface area contributed by atoms with Gasteiger partial charge in [0.2, 0.25) is 0 Å². The smallest absolute Gasteiger partial charge is 0.397 e. The van der Waals surface area contributed by atoms with Gasteiger partial charge in [-0.2, -0.15) is 0 Å². The summed E-state index contributed by atoms with van der Waals surface area (Å²) in [5.74, 6) is 0.645. The fourth-order valence-electron chi connectivity index (χ4n) is 2.67. The standard InChI is InChI=1S/C22H20NO3S/c1-17-8-14-21(15-9-17)27(24,25)22(23-2)19-10-12-20(13-11-19)26-16-18-6-4-3-5-7-18/h2-15,22H,16H2,1H3/q+1. The van der Waals surface area contributed by atoms with Crippen molar-refractivity contribution < 1.29 is 13.2 Å². The van der Waals surface area contributed by atoms with Crippen molar-refractivity contribution in [3.05, 3.63) is 100 Å². The lowest BCUT2D eigenvalue weighted by Crippen LogP contribution is -2.10. The van der Waals surface area contributed by atoms with Crippen molar-refractivity contribution in [2.75, 3.05) is 0 Å². The topological polar surface area (TPSA) is 47.7 Å². The monoisotopic (exact) mass is 378 g/mol. The summed E-state index contributed by atoms with van der Waals surface area (Å²) >= 11 is 0. The second-order valence-corrected chi connectivity index (χ2v) is 8.21. The van der Waals surface area contributed by atoms with Gasteiger partial charge in [0.25, 0.3) is 16.4 Å². The van der Waals surface area contributed by atoms with E-state index in [2.05, 4.69) is 4.85 Å². The molecular formula is C22H20NO3S+. The molecule has 0 fully saturated rings. The van der Waals surface area contributed by atoms with Crippen LogP contribution < -0.4 is 4.74 Å². The van der Waals surface area contributed by atoms with Gasteiger partial charge in [-0.05, 0) is 48.9 Å². The molecular weight excluding hydrogens is 358 g/mol. The van der Waals surface area contributed by atoms with Gasteiger partial charge in [0.15, 0.2) is 0 Å². The van der Waals surface area contributed by atoms with Crippen molar-refractivity contribution in [1.82, 2.24) is 0 Å². The molecule has 136 valence electrons. The van der Waals surface area contributed by atoms with E-state index in [0.29, 0.717) is 17.9 Å². The van der Waals surface area contributed by atoms with Gasteiger partial charge >= 0.3 is 5.37 Å². The zero-order chi connectivity index (χ0) is 19.3. The van der Waals surface area contributed by atoms with Gasteiger partial charge in [0.1, 0.15) is 12.4 Å². The van der Waals surface area contributed by atoms with Crippen LogP contribution in [0, 0.1) is 13.5 Å². The Labute approximate surface area is 159 Å². The average Bonchev–Trinajstić information content (AvgIpc) is 2.69. The van der Waals surface area contributed by atoms with Crippen molar-refractivity contribution in [1.29, 1.82) is 0 Å². The Morgan fingerprint density at radius 3 is 2.15 bits per heavy atom. The molecule has 0 amide bonds. The lowest BCUT2D eigenvalue weighted by atomic mass is 10.2. The number of rotatable bonds is 6. The SMILES string of the molecule is C#[N+]C(c1ccc(OCc2ccccc2)cc1)S(=O)(=O)c1ccc(C)cc1. The Kier molecular flexibility index (Phi) is 5.58. The van der Waals surface area contributed by atoms with Crippen molar-refractivity contribution in [2.24, 2.45) is 0 Å². The third-order valence-electron chi connectivity index (χ3n) is 4.19. The number of ether oxygens (including phenoxy) is 1. The second-order valence-electron chi connectivity index (χ2n) is 6.20. The van der Waals surface area contributed by atoms with Gasteiger partial charge in [-0.3, -0.25) is 0 Å². The molecule has 0 heterocycles. The predicted octanol–water partition coefficient (Wildman–Crippen LogP) is 5.01. The van der Waals surface area contributed by atoms with Crippen LogP contribution in [0.15, 0.2) is 83.8 Å². The number of sulfone groups is 1. The Morgan fingerprint density at radius 2 is 1.56 bits per heavy atom. The quantitative estimate of drug-likeness (QED) is 0.606. The molecule has 3 rings (SSSR count). The molecule has 0 spiro atoms. The lowest BCUT2D eigenvalue weighted by Gasteiger charge is -2.08. The molecule has 0 saturated carbocycles. The molecule has 1 atom stereocenters. The number of aryl methyl sites for hydroxylation is 1. The molecule has 0 aliphatic heterocycles. The zero-order valence-electron chi connectivity index (χ0n) is 14.9. The summed E-state index contributed by atoms with van der Waals surface area (Å²) in [6.45, 7) is 7.78. The summed E-state index contributed by atoms with van der Waals surface area (Å²) in [4.78, 5) is 3.81. The molecule has 5 heteroatoms. The molecule has 0 bridgehead atoms. The summed E-state index contributed by atoms with van der Waals surface area (Å²) in [6.07, 6.45) is 0. The molecule has 0 aliphatic carbocycles. The van der Waals surface area contributed by atoms with E-state index in [1.54, 1.807) is 48.5 Å². The highest BCUT2D eigenvalue weighted by atomic mass is 32.2. The fraction of sp³-hybridized carbons (Fsp3) is 0.136. The molecule has 0 aliphatic rings. The van der Waals surface area contributed by atoms with Crippen molar-refractivity contribution in [2.45, 2.75) is 23.8 Å². The first-order chi connectivity index (χ1) is 13.0. The van der Waals surface area contributed by atoms with Crippen LogP contribution in [0.4, 0.5) is 0 Å². The Morgan fingerprint density at radius 1 is 0.926 bits per heavy atom. The third-order valence-corrected chi connectivity index (χ3v) is 6.10. The molecule has 4 nitrogen and oxygen atoms in total. The number of hydrogen-bond donors (Lipinski definition) is 0. The first-order valence-electron chi connectivity index (χ1n) is 8.48. The fourth-order valence-corrected chi connectivity index (χ4v) is 4.12. The highest BCUT2D eigenvalue weighted by molar-refractivity contribution is 7.91. The summed E-state index contributed by atoms with van der Waals surface area (Å²) in [5.41, 5.74) is 2.53. The van der Waals surface area contributed by atoms with E-state index in [4.69, 9.17) is 11.3 Å². The van der Waals surface area contributed by atoms with E-state index >= 15 is 0 Å². The van der Waals surface area contributed by atoms with Gasteiger partial charge in [0, 0.05) is 0 Å². The van der Waals surface area contributed by atoms with Crippen LogP contribution in [0.25, 0.3) is 4.85 Å². The maximum absolute atomic E-state index is 12.9. The van der Waals surface area contributed by atoms with Crippen LogP contribution in [-0.4, -0.2) is 8.42 Å². The third kappa shape index (κ3) is 4.36. The Bertz CT molecular complexity index is 1040. The number of nitrogens with zero attached hydrogens (tertiary/aromatic N) is 1. The van der Waals surface area contributed by atoms with Gasteiger partial charge in [-0.25, -0.2) is 8.42 Å². The molecule has 27 heavy (non-hydrogen) atoms. The van der Waals surface area contributed by atoms with Gasteiger partial charge in [-0.15, -0.1) is 0 Å². The highest BCUT2D eigenvalue weighted by Gasteiger charge is 2.37. The molecule has 0 radical (unpaired) electrons. The molecule has 3 aromatic carbocycles. The summed E-state index contributed by atoms with van der Waals surface area (Å²) in [7, 11) is -3.72. The Balaban J connectivity index is 1.78. The zero-order valence-corrected chi connectivity index (χ0v) is 15.8. The molecule has 0 N–H and O–H groups in total. The summed E-state index contributed by atoms with van der Waals surface area (Å²) in [6, 6.07) is 23.2. The minimum Gasteiger partial charge on any atom is -0.489 e. The normalized spacial score (nSPS) is 12.1. The van der Waals surface area contributed by atoms with E-state index < -0.39 is 15.2 Å². The van der Waals surface area contributed by atoms with Crippen LogP contribution >= 0.6 is 0 Å². The summed E-state index contributed by atoms with van der Waals surface area (Å²) < 4.78 is 31.5. The maximum atomic E-state index is 12.9. The van der Waals surface area contributed by atoms with Gasteiger partial charge in [0.05, 0.1) is 10.5 Å². The van der Waals surface area contributed by atoms with E-state index in [1.165, 1.54) is 0 Å². The minimum absolute atomic E-state index is 0.191. The van der Waals surface area contributed by atoms with Gasteiger partial charge in [-0.1, -0.05) is 52.9 Å². The van der Waals surface area contributed by atoms with E-state index in [1.807, 2.05) is 37.3 Å². The van der Waals surface area contributed by atoms with Crippen LogP contribution in [0.5, 0.6) is 5.75 Å². The van der Waals surface area contributed by atoms with Crippen LogP contribution in [0.2, 0.25) is 0 Å². The number of benzene rings is 3. The van der Waals surface area contributed by atoms with Crippen LogP contribution in [-0.2, 0) is 16.4 Å².